The highest BCUT2D eigenvalue weighted by molar-refractivity contribution is 5.97. The van der Waals surface area contributed by atoms with Crippen molar-refractivity contribution in [3.63, 3.8) is 0 Å². The molecule has 0 saturated heterocycles. The molecule has 0 aliphatic heterocycles. The smallest absolute Gasteiger partial charge is 0.407 e. The van der Waals surface area contributed by atoms with Crippen molar-refractivity contribution in [1.29, 1.82) is 0 Å². The van der Waals surface area contributed by atoms with E-state index in [1.165, 1.54) is 0 Å². The molecule has 3 aromatic rings. The summed E-state index contributed by atoms with van der Waals surface area (Å²) in [4.78, 5) is 36.6. The van der Waals surface area contributed by atoms with Crippen LogP contribution < -0.4 is 10.6 Å². The number of ether oxygens (including phenoxy) is 1. The van der Waals surface area contributed by atoms with Gasteiger partial charge in [-0.15, -0.1) is 6.42 Å². The number of hydrogen-bond acceptors (Lipinski definition) is 4. The van der Waals surface area contributed by atoms with Gasteiger partial charge in [-0.05, 0) is 46.9 Å². The molecule has 4 rings (SSSR count). The fourth-order valence-corrected chi connectivity index (χ4v) is 4.24. The number of anilines is 1. The lowest BCUT2D eigenvalue weighted by atomic mass is 9.98. The highest BCUT2D eigenvalue weighted by atomic mass is 16.5. The van der Waals surface area contributed by atoms with Gasteiger partial charge >= 0.3 is 12.1 Å². The van der Waals surface area contributed by atoms with Crippen LogP contribution in [0.15, 0.2) is 72.8 Å². The maximum absolute atomic E-state index is 12.8. The third-order valence-corrected chi connectivity index (χ3v) is 5.90. The zero-order valence-corrected chi connectivity index (χ0v) is 18.9. The summed E-state index contributed by atoms with van der Waals surface area (Å²) in [5.74, 6) is 0.709. The number of hydrogen-bond donors (Lipinski definition) is 3. The number of carbonyl (C=O) groups is 3. The van der Waals surface area contributed by atoms with Gasteiger partial charge in [0, 0.05) is 23.6 Å². The first kappa shape index (κ1) is 23.6. The Kier molecular flexibility index (Phi) is 7.12. The SMILES string of the molecule is C#Cc1cccc(NC(=O)C(CCC(=O)O)NC(=O)OCC2c3ccccc3-c3ccccc32)c1. The highest BCUT2D eigenvalue weighted by Crippen LogP contribution is 2.44. The van der Waals surface area contributed by atoms with Crippen molar-refractivity contribution in [3.8, 4) is 23.5 Å². The molecule has 176 valence electrons. The summed E-state index contributed by atoms with van der Waals surface area (Å²) in [6.07, 6.45) is 4.21. The van der Waals surface area contributed by atoms with Gasteiger partial charge in [-0.2, -0.15) is 0 Å². The van der Waals surface area contributed by atoms with Crippen LogP contribution in [0.3, 0.4) is 0 Å². The average Bonchev–Trinajstić information content (AvgIpc) is 3.19. The molecule has 0 radical (unpaired) electrons. The lowest BCUT2D eigenvalue weighted by Gasteiger charge is -2.19. The van der Waals surface area contributed by atoms with Gasteiger partial charge in [0.15, 0.2) is 0 Å². The predicted molar refractivity (Wildman–Crippen MR) is 132 cm³/mol. The molecule has 0 bridgehead atoms. The maximum atomic E-state index is 12.8. The summed E-state index contributed by atoms with van der Waals surface area (Å²) in [7, 11) is 0. The van der Waals surface area contributed by atoms with E-state index >= 15 is 0 Å². The van der Waals surface area contributed by atoms with Crippen LogP contribution in [0.5, 0.6) is 0 Å². The van der Waals surface area contributed by atoms with Crippen LogP contribution in [0.2, 0.25) is 0 Å². The van der Waals surface area contributed by atoms with Gasteiger partial charge in [-0.1, -0.05) is 60.5 Å². The molecule has 1 unspecified atom stereocenters. The second kappa shape index (κ2) is 10.6. The topological polar surface area (TPSA) is 105 Å². The van der Waals surface area contributed by atoms with E-state index in [1.807, 2.05) is 48.5 Å². The molecular weight excluding hydrogens is 444 g/mol. The van der Waals surface area contributed by atoms with E-state index in [1.54, 1.807) is 24.3 Å². The molecule has 7 heteroatoms. The molecule has 7 nitrogen and oxygen atoms in total. The van der Waals surface area contributed by atoms with Crippen molar-refractivity contribution in [3.05, 3.63) is 89.5 Å². The number of terminal acetylenes is 1. The van der Waals surface area contributed by atoms with Gasteiger partial charge in [0.25, 0.3) is 0 Å². The van der Waals surface area contributed by atoms with E-state index in [2.05, 4.69) is 16.6 Å². The third-order valence-electron chi connectivity index (χ3n) is 5.90. The zero-order valence-electron chi connectivity index (χ0n) is 18.9. The second-order valence-corrected chi connectivity index (χ2v) is 8.17. The first-order chi connectivity index (χ1) is 17.0. The van der Waals surface area contributed by atoms with Crippen LogP contribution in [-0.2, 0) is 14.3 Å². The molecular formula is C28H24N2O5. The zero-order chi connectivity index (χ0) is 24.8. The quantitative estimate of drug-likeness (QED) is 0.426. The lowest BCUT2D eigenvalue weighted by Crippen LogP contribution is -2.44. The number of carbonyl (C=O) groups excluding carboxylic acids is 2. The van der Waals surface area contributed by atoms with Crippen molar-refractivity contribution in [2.24, 2.45) is 0 Å². The molecule has 3 aromatic carbocycles. The van der Waals surface area contributed by atoms with E-state index in [-0.39, 0.29) is 25.4 Å². The Balaban J connectivity index is 1.43. The van der Waals surface area contributed by atoms with Crippen LogP contribution >= 0.6 is 0 Å². The number of nitrogens with one attached hydrogen (secondary N) is 2. The summed E-state index contributed by atoms with van der Waals surface area (Å²) in [5, 5.41) is 14.3. The Morgan fingerprint density at radius 3 is 2.26 bits per heavy atom. The molecule has 0 aromatic heterocycles. The van der Waals surface area contributed by atoms with E-state index in [4.69, 9.17) is 16.3 Å². The van der Waals surface area contributed by atoms with Crippen LogP contribution in [0.25, 0.3) is 11.1 Å². The largest absolute Gasteiger partial charge is 0.481 e. The van der Waals surface area contributed by atoms with E-state index in [9.17, 15) is 14.4 Å². The molecule has 2 amide bonds. The van der Waals surface area contributed by atoms with Crippen molar-refractivity contribution in [1.82, 2.24) is 5.32 Å². The number of amides is 2. The van der Waals surface area contributed by atoms with Crippen molar-refractivity contribution in [2.45, 2.75) is 24.8 Å². The summed E-state index contributed by atoms with van der Waals surface area (Å²) < 4.78 is 5.51. The van der Waals surface area contributed by atoms with E-state index in [0.717, 1.165) is 22.3 Å². The molecule has 35 heavy (non-hydrogen) atoms. The summed E-state index contributed by atoms with van der Waals surface area (Å²) in [6, 6.07) is 21.5. The minimum atomic E-state index is -1.10. The molecule has 1 aliphatic rings. The van der Waals surface area contributed by atoms with E-state index in [0.29, 0.717) is 11.3 Å². The van der Waals surface area contributed by atoms with E-state index < -0.39 is 24.0 Å². The molecule has 3 N–H and O–H groups in total. The van der Waals surface area contributed by atoms with Gasteiger partial charge in [-0.25, -0.2) is 4.79 Å². The summed E-state index contributed by atoms with van der Waals surface area (Å²) >= 11 is 0. The number of carboxylic acids is 1. The standard InChI is InChI=1S/C28H24N2O5/c1-2-18-8-7-9-19(16-18)29-27(33)25(14-15-26(31)32)30-28(34)35-17-24-22-12-5-3-10-20(22)21-11-4-6-13-23(21)24/h1,3-13,16,24-25H,14-15,17H2,(H,29,33)(H,30,34)(H,31,32). The lowest BCUT2D eigenvalue weighted by molar-refractivity contribution is -0.137. The molecule has 0 spiro atoms. The van der Waals surface area contributed by atoms with Crippen molar-refractivity contribution < 1.29 is 24.2 Å². The first-order valence-corrected chi connectivity index (χ1v) is 11.2. The normalized spacial score (nSPS) is 12.5. The van der Waals surface area contributed by atoms with Crippen molar-refractivity contribution >= 4 is 23.7 Å². The Hall–Kier alpha value is -4.57. The Labute approximate surface area is 203 Å². The third kappa shape index (κ3) is 5.50. The Morgan fingerprint density at radius 2 is 1.63 bits per heavy atom. The number of carboxylic acid groups (broad SMARTS) is 1. The van der Waals surface area contributed by atoms with Crippen molar-refractivity contribution in [2.75, 3.05) is 11.9 Å². The summed E-state index contributed by atoms with van der Waals surface area (Å²) in [6.45, 7) is 0.0807. The fraction of sp³-hybridized carbons (Fsp3) is 0.179. The predicted octanol–water partition coefficient (Wildman–Crippen LogP) is 4.38. The minimum Gasteiger partial charge on any atom is -0.481 e. The number of benzene rings is 3. The average molecular weight is 469 g/mol. The van der Waals surface area contributed by atoms with Crippen LogP contribution in [0, 0.1) is 12.3 Å². The Morgan fingerprint density at radius 1 is 0.971 bits per heavy atom. The molecule has 0 fully saturated rings. The van der Waals surface area contributed by atoms with Gasteiger partial charge in [0.05, 0.1) is 0 Å². The number of aliphatic carboxylic acids is 1. The second-order valence-electron chi connectivity index (χ2n) is 8.17. The van der Waals surface area contributed by atoms with Crippen LogP contribution in [0.4, 0.5) is 10.5 Å². The van der Waals surface area contributed by atoms with Gasteiger partial charge < -0.3 is 20.5 Å². The van der Waals surface area contributed by atoms with Crippen LogP contribution in [0.1, 0.15) is 35.4 Å². The number of fused-ring (bicyclic) bond motifs is 3. The van der Waals surface area contributed by atoms with Crippen LogP contribution in [-0.4, -0.2) is 35.7 Å². The Bertz CT molecular complexity index is 1260. The fourth-order valence-electron chi connectivity index (χ4n) is 4.24. The number of alkyl carbamates (subject to hydrolysis) is 1. The molecule has 1 atom stereocenters. The van der Waals surface area contributed by atoms with Gasteiger partial charge in [0.1, 0.15) is 12.6 Å². The first-order valence-electron chi connectivity index (χ1n) is 11.2. The molecule has 1 aliphatic carbocycles. The minimum absolute atomic E-state index is 0.0807. The van der Waals surface area contributed by atoms with Gasteiger partial charge in [0.2, 0.25) is 5.91 Å². The monoisotopic (exact) mass is 468 g/mol. The molecule has 0 heterocycles. The summed E-state index contributed by atoms with van der Waals surface area (Å²) in [5.41, 5.74) is 5.36. The number of rotatable bonds is 8. The maximum Gasteiger partial charge on any atom is 0.407 e. The highest BCUT2D eigenvalue weighted by Gasteiger charge is 2.30. The molecule has 0 saturated carbocycles. The van der Waals surface area contributed by atoms with Gasteiger partial charge in [-0.3, -0.25) is 9.59 Å².